The topological polar surface area (TPSA) is 123 Å². The third-order valence-electron chi connectivity index (χ3n) is 3.16. The van der Waals surface area contributed by atoms with Crippen LogP contribution in [0, 0.1) is 0 Å². The van der Waals surface area contributed by atoms with E-state index in [1.54, 1.807) is 12.1 Å². The van der Waals surface area contributed by atoms with E-state index in [1.165, 1.54) is 18.3 Å². The lowest BCUT2D eigenvalue weighted by atomic mass is 9.97. The third-order valence-corrected chi connectivity index (χ3v) is 3.16. The summed E-state index contributed by atoms with van der Waals surface area (Å²) in [6.45, 7) is -0.510. The van der Waals surface area contributed by atoms with Gasteiger partial charge in [0, 0.05) is 6.21 Å². The zero-order valence-corrected chi connectivity index (χ0v) is 10.6. The molecular weight excluding hydrogens is 266 g/mol. The summed E-state index contributed by atoms with van der Waals surface area (Å²) in [6, 6.07) is 5.11. The van der Waals surface area contributed by atoms with Crippen molar-refractivity contribution in [1.29, 1.82) is 0 Å². The molecule has 0 saturated carbocycles. The van der Waals surface area contributed by atoms with Crippen LogP contribution in [-0.4, -0.2) is 69.0 Å². The molecule has 1 aliphatic rings. The van der Waals surface area contributed by atoms with Crippen molar-refractivity contribution in [2.75, 3.05) is 6.61 Å². The number of aromatic hydroxyl groups is 1. The number of benzene rings is 1. The lowest BCUT2D eigenvalue weighted by Crippen LogP contribution is -2.57. The molecule has 0 amide bonds. The number of aliphatic imine (C=N–C) groups is 1. The number of aliphatic hydroxyl groups is 4. The first-order chi connectivity index (χ1) is 9.52. The maximum absolute atomic E-state index is 9.88. The average Bonchev–Trinajstić information content (AvgIpc) is 2.44. The van der Waals surface area contributed by atoms with E-state index in [0.29, 0.717) is 5.56 Å². The van der Waals surface area contributed by atoms with Gasteiger partial charge in [-0.05, 0) is 29.8 Å². The number of phenolic OH excluding ortho intramolecular Hbond substituents is 1. The summed E-state index contributed by atoms with van der Waals surface area (Å²) in [6.07, 6.45) is -3.74. The number of phenols is 1. The SMILES string of the molecule is OCC1O[C@@H](O)C(N=Cc2ccc(O)cc2)C(O)[C@@H]1O. The van der Waals surface area contributed by atoms with Crippen LogP contribution in [0.5, 0.6) is 5.75 Å². The molecule has 0 bridgehead atoms. The molecule has 5 atom stereocenters. The number of hydrogen-bond acceptors (Lipinski definition) is 7. The molecule has 1 aliphatic heterocycles. The number of aliphatic hydroxyl groups excluding tert-OH is 4. The summed E-state index contributed by atoms with van der Waals surface area (Å²) < 4.78 is 4.98. The second-order valence-electron chi connectivity index (χ2n) is 4.59. The van der Waals surface area contributed by atoms with Gasteiger partial charge in [0.25, 0.3) is 0 Å². The van der Waals surface area contributed by atoms with E-state index in [-0.39, 0.29) is 5.75 Å². The first kappa shape index (κ1) is 14.9. The fraction of sp³-hybridized carbons (Fsp3) is 0.462. The van der Waals surface area contributed by atoms with Gasteiger partial charge in [0.05, 0.1) is 6.61 Å². The second kappa shape index (κ2) is 6.29. The monoisotopic (exact) mass is 283 g/mol. The molecule has 1 aromatic carbocycles. The molecule has 5 N–H and O–H groups in total. The molecular formula is C13H17NO6. The van der Waals surface area contributed by atoms with E-state index in [0.717, 1.165) is 0 Å². The lowest BCUT2D eigenvalue weighted by molar-refractivity contribution is -0.248. The Labute approximate surface area is 115 Å². The van der Waals surface area contributed by atoms with Gasteiger partial charge >= 0.3 is 0 Å². The molecule has 3 unspecified atom stereocenters. The summed E-state index contributed by atoms with van der Waals surface area (Å²) in [7, 11) is 0. The zero-order valence-electron chi connectivity index (χ0n) is 10.6. The van der Waals surface area contributed by atoms with Crippen molar-refractivity contribution in [3.63, 3.8) is 0 Å². The Morgan fingerprint density at radius 3 is 2.35 bits per heavy atom. The summed E-state index contributed by atoms with van der Waals surface area (Å²) >= 11 is 0. The zero-order chi connectivity index (χ0) is 14.7. The smallest absolute Gasteiger partial charge is 0.180 e. The summed E-state index contributed by atoms with van der Waals surface area (Å²) in [5.74, 6) is 0.115. The first-order valence-corrected chi connectivity index (χ1v) is 6.15. The molecule has 0 aliphatic carbocycles. The first-order valence-electron chi connectivity index (χ1n) is 6.15. The van der Waals surface area contributed by atoms with E-state index in [9.17, 15) is 15.3 Å². The lowest BCUT2D eigenvalue weighted by Gasteiger charge is -2.38. The van der Waals surface area contributed by atoms with Crippen LogP contribution in [0.25, 0.3) is 0 Å². The van der Waals surface area contributed by atoms with Gasteiger partial charge in [0.2, 0.25) is 0 Å². The molecule has 1 heterocycles. The Kier molecular flexibility index (Phi) is 4.69. The Bertz CT molecular complexity index is 462. The predicted molar refractivity (Wildman–Crippen MR) is 69.5 cm³/mol. The van der Waals surface area contributed by atoms with Crippen molar-refractivity contribution in [2.24, 2.45) is 4.99 Å². The molecule has 7 heteroatoms. The van der Waals surface area contributed by atoms with Gasteiger partial charge < -0.3 is 30.3 Å². The van der Waals surface area contributed by atoms with Crippen LogP contribution >= 0.6 is 0 Å². The van der Waals surface area contributed by atoms with Crippen molar-refractivity contribution < 1.29 is 30.3 Å². The minimum absolute atomic E-state index is 0.115. The van der Waals surface area contributed by atoms with Crippen LogP contribution in [0.1, 0.15) is 5.56 Å². The highest BCUT2D eigenvalue weighted by Crippen LogP contribution is 2.22. The van der Waals surface area contributed by atoms with Gasteiger partial charge in [-0.1, -0.05) is 0 Å². The number of nitrogens with zero attached hydrogens (tertiary/aromatic N) is 1. The highest BCUT2D eigenvalue weighted by Gasteiger charge is 2.43. The number of ether oxygens (including phenoxy) is 1. The van der Waals surface area contributed by atoms with Crippen molar-refractivity contribution >= 4 is 6.21 Å². The maximum Gasteiger partial charge on any atom is 0.180 e. The van der Waals surface area contributed by atoms with E-state index >= 15 is 0 Å². The average molecular weight is 283 g/mol. The molecule has 1 fully saturated rings. The Balaban J connectivity index is 2.09. The van der Waals surface area contributed by atoms with Crippen LogP contribution in [0.15, 0.2) is 29.3 Å². The van der Waals surface area contributed by atoms with Crippen molar-refractivity contribution in [1.82, 2.24) is 0 Å². The third kappa shape index (κ3) is 3.14. The van der Waals surface area contributed by atoms with E-state index in [2.05, 4.69) is 4.99 Å². The Hall–Kier alpha value is -1.51. The van der Waals surface area contributed by atoms with Crippen molar-refractivity contribution in [2.45, 2.75) is 30.6 Å². The highest BCUT2D eigenvalue weighted by molar-refractivity contribution is 5.79. The number of hydrogen-bond donors (Lipinski definition) is 5. The molecule has 7 nitrogen and oxygen atoms in total. The van der Waals surface area contributed by atoms with Gasteiger partial charge in [-0.15, -0.1) is 0 Å². The molecule has 1 aromatic rings. The van der Waals surface area contributed by atoms with Crippen LogP contribution in [0.2, 0.25) is 0 Å². The predicted octanol–water partition coefficient (Wildman–Crippen LogP) is -1.39. The van der Waals surface area contributed by atoms with Crippen LogP contribution in [0.4, 0.5) is 0 Å². The van der Waals surface area contributed by atoms with Gasteiger partial charge in [-0.2, -0.15) is 0 Å². The minimum atomic E-state index is -1.42. The normalized spacial score (nSPS) is 34.5. The van der Waals surface area contributed by atoms with E-state index in [4.69, 9.17) is 14.9 Å². The standard InChI is InChI=1S/C13H17NO6/c15-6-9-11(17)12(18)10(13(19)20-9)14-5-7-1-3-8(16)4-2-7/h1-5,9-13,15-19H,6H2/t9?,10?,11-,12?,13-/m1/s1. The van der Waals surface area contributed by atoms with E-state index < -0.39 is 37.3 Å². The second-order valence-corrected chi connectivity index (χ2v) is 4.59. The van der Waals surface area contributed by atoms with Crippen LogP contribution in [-0.2, 0) is 4.74 Å². The Morgan fingerprint density at radius 1 is 1.10 bits per heavy atom. The summed E-state index contributed by atoms with van der Waals surface area (Å²) in [5.41, 5.74) is 0.654. The van der Waals surface area contributed by atoms with E-state index in [1.807, 2.05) is 0 Å². The van der Waals surface area contributed by atoms with Gasteiger partial charge in [-0.3, -0.25) is 4.99 Å². The van der Waals surface area contributed by atoms with Crippen molar-refractivity contribution in [3.8, 4) is 5.75 Å². The molecule has 0 radical (unpaired) electrons. The van der Waals surface area contributed by atoms with Crippen LogP contribution in [0.3, 0.4) is 0 Å². The van der Waals surface area contributed by atoms with Gasteiger partial charge in [0.15, 0.2) is 6.29 Å². The molecule has 0 spiro atoms. The fourth-order valence-electron chi connectivity index (χ4n) is 1.98. The summed E-state index contributed by atoms with van der Waals surface area (Å²) in [5, 5.41) is 47.4. The minimum Gasteiger partial charge on any atom is -0.508 e. The maximum atomic E-state index is 9.88. The highest BCUT2D eigenvalue weighted by atomic mass is 16.6. The van der Waals surface area contributed by atoms with Gasteiger partial charge in [-0.25, -0.2) is 0 Å². The molecule has 1 saturated heterocycles. The Morgan fingerprint density at radius 2 is 1.75 bits per heavy atom. The van der Waals surface area contributed by atoms with Crippen molar-refractivity contribution in [3.05, 3.63) is 29.8 Å². The number of rotatable bonds is 3. The molecule has 0 aromatic heterocycles. The van der Waals surface area contributed by atoms with Crippen LogP contribution < -0.4 is 0 Å². The van der Waals surface area contributed by atoms with Gasteiger partial charge in [0.1, 0.15) is 30.1 Å². The quantitative estimate of drug-likeness (QED) is 0.435. The largest absolute Gasteiger partial charge is 0.508 e. The molecule has 2 rings (SSSR count). The fourth-order valence-corrected chi connectivity index (χ4v) is 1.98. The summed E-state index contributed by atoms with van der Waals surface area (Å²) in [4.78, 5) is 3.99. The molecule has 20 heavy (non-hydrogen) atoms. The molecule has 110 valence electrons.